The lowest BCUT2D eigenvalue weighted by atomic mass is 9.69. The summed E-state index contributed by atoms with van der Waals surface area (Å²) in [4.78, 5) is 33.8. The molecule has 0 aliphatic carbocycles. The Labute approximate surface area is 158 Å². The first-order valence-electron chi connectivity index (χ1n) is 8.37. The molecule has 1 fully saturated rings. The summed E-state index contributed by atoms with van der Waals surface area (Å²) in [7, 11) is 0. The number of nitrogens with zero attached hydrogens (tertiary/aromatic N) is 2. The molecular formula is C17H22BrN3O3S. The van der Waals surface area contributed by atoms with Gasteiger partial charge in [0, 0.05) is 6.54 Å². The molecule has 1 atom stereocenters. The third-order valence-electron chi connectivity index (χ3n) is 5.10. The first-order chi connectivity index (χ1) is 11.7. The topological polar surface area (TPSA) is 86.3 Å². The predicted octanol–water partition coefficient (Wildman–Crippen LogP) is 4.54. The minimum atomic E-state index is -0.967. The van der Waals surface area contributed by atoms with Crippen molar-refractivity contribution >= 4 is 43.6 Å². The van der Waals surface area contributed by atoms with Crippen LogP contribution in [-0.4, -0.2) is 32.6 Å². The molecule has 136 valence electrons. The second-order valence-corrected chi connectivity index (χ2v) is 9.97. The molecule has 25 heavy (non-hydrogen) atoms. The summed E-state index contributed by atoms with van der Waals surface area (Å²) < 4.78 is 1.38. The molecule has 0 bridgehead atoms. The van der Waals surface area contributed by atoms with Crippen LogP contribution in [-0.2, 0) is 5.54 Å². The Hall–Kier alpha value is -1.41. The van der Waals surface area contributed by atoms with Gasteiger partial charge in [0.25, 0.3) is 5.56 Å². The molecule has 6 nitrogen and oxygen atoms in total. The van der Waals surface area contributed by atoms with Gasteiger partial charge >= 0.3 is 6.09 Å². The maximum atomic E-state index is 12.6. The van der Waals surface area contributed by atoms with E-state index in [1.165, 1.54) is 16.2 Å². The highest BCUT2D eigenvalue weighted by atomic mass is 79.9. The molecule has 1 amide bonds. The molecule has 1 aliphatic rings. The van der Waals surface area contributed by atoms with Gasteiger partial charge < -0.3 is 10.1 Å². The normalized spacial score (nSPS) is 22.2. The number of hydrogen-bond donors (Lipinski definition) is 2. The molecule has 2 N–H and O–H groups in total. The maximum absolute atomic E-state index is 12.6. The van der Waals surface area contributed by atoms with Crippen LogP contribution in [0, 0.1) is 5.41 Å². The van der Waals surface area contributed by atoms with Crippen molar-refractivity contribution in [1.82, 2.24) is 14.9 Å². The molecule has 3 heterocycles. The van der Waals surface area contributed by atoms with Gasteiger partial charge in [-0.15, -0.1) is 11.3 Å². The SMILES string of the molecule is CC(C)(C)[C@]1(c2nc3cc(Br)sc3c(=O)[nH]2)CCCCCN1C(=O)O. The number of halogens is 1. The Morgan fingerprint density at radius 2 is 2.12 bits per heavy atom. The van der Waals surface area contributed by atoms with Crippen molar-refractivity contribution in [2.24, 2.45) is 5.41 Å². The lowest BCUT2D eigenvalue weighted by molar-refractivity contribution is -0.00942. The first-order valence-corrected chi connectivity index (χ1v) is 9.98. The standard InChI is InChI=1S/C17H22BrN3O3S/c1-16(2,3)17(7-5-4-6-8-21(17)15(23)24)14-19-10-9-11(18)25-12(10)13(22)20-14/h9H,4-8H2,1-3H3,(H,23,24)(H,19,20,22)/t17-/m1/s1. The highest BCUT2D eigenvalue weighted by Gasteiger charge is 2.52. The Morgan fingerprint density at radius 3 is 2.76 bits per heavy atom. The van der Waals surface area contributed by atoms with E-state index in [0.717, 1.165) is 23.0 Å². The van der Waals surface area contributed by atoms with Gasteiger partial charge in [0.15, 0.2) is 0 Å². The van der Waals surface area contributed by atoms with Crippen LogP contribution < -0.4 is 5.56 Å². The van der Waals surface area contributed by atoms with Crippen molar-refractivity contribution in [3.8, 4) is 0 Å². The third-order valence-corrected chi connectivity index (χ3v) is 6.72. The molecule has 1 saturated heterocycles. The molecule has 0 saturated carbocycles. The Morgan fingerprint density at radius 1 is 1.40 bits per heavy atom. The molecule has 1 aliphatic heterocycles. The van der Waals surface area contributed by atoms with Gasteiger partial charge in [-0.3, -0.25) is 9.69 Å². The Balaban J connectivity index is 2.32. The number of carboxylic acid groups (broad SMARTS) is 1. The van der Waals surface area contributed by atoms with E-state index in [4.69, 9.17) is 4.98 Å². The summed E-state index contributed by atoms with van der Waals surface area (Å²) in [6.07, 6.45) is 2.36. The zero-order valence-electron chi connectivity index (χ0n) is 14.6. The van der Waals surface area contributed by atoms with Gasteiger partial charge in [-0.1, -0.05) is 33.6 Å². The van der Waals surface area contributed by atoms with E-state index in [0.29, 0.717) is 29.0 Å². The second kappa shape index (κ2) is 6.39. The van der Waals surface area contributed by atoms with E-state index < -0.39 is 17.0 Å². The van der Waals surface area contributed by atoms with Crippen LogP contribution in [0.3, 0.4) is 0 Å². The summed E-state index contributed by atoms with van der Waals surface area (Å²) in [5.74, 6) is 0.451. The van der Waals surface area contributed by atoms with Gasteiger partial charge in [-0.05, 0) is 40.3 Å². The molecule has 0 unspecified atom stereocenters. The van der Waals surface area contributed by atoms with Crippen LogP contribution in [0.1, 0.15) is 52.3 Å². The quantitative estimate of drug-likeness (QED) is 0.698. The molecular weight excluding hydrogens is 406 g/mol. The third kappa shape index (κ3) is 2.99. The van der Waals surface area contributed by atoms with Gasteiger partial charge in [-0.25, -0.2) is 9.78 Å². The van der Waals surface area contributed by atoms with Gasteiger partial charge in [0.2, 0.25) is 0 Å². The van der Waals surface area contributed by atoms with Crippen LogP contribution >= 0.6 is 27.3 Å². The van der Waals surface area contributed by atoms with E-state index in [9.17, 15) is 14.7 Å². The summed E-state index contributed by atoms with van der Waals surface area (Å²) >= 11 is 4.73. The molecule has 2 aromatic rings. The van der Waals surface area contributed by atoms with Crippen LogP contribution in [0.2, 0.25) is 0 Å². The van der Waals surface area contributed by atoms with Gasteiger partial charge in [0.1, 0.15) is 16.1 Å². The number of thiophene rings is 1. The van der Waals surface area contributed by atoms with Crippen molar-refractivity contribution in [3.63, 3.8) is 0 Å². The Kier molecular flexibility index (Phi) is 4.70. The first kappa shape index (κ1) is 18.4. The largest absolute Gasteiger partial charge is 0.465 e. The zero-order chi connectivity index (χ0) is 18.4. The highest BCUT2D eigenvalue weighted by Crippen LogP contribution is 2.48. The van der Waals surface area contributed by atoms with E-state index in [1.807, 2.05) is 26.8 Å². The number of nitrogens with one attached hydrogen (secondary N) is 1. The number of amides is 1. The number of aromatic nitrogens is 2. The van der Waals surface area contributed by atoms with Crippen molar-refractivity contribution in [2.75, 3.05) is 6.54 Å². The summed E-state index contributed by atoms with van der Waals surface area (Å²) in [6, 6.07) is 1.82. The lowest BCUT2D eigenvalue weighted by Crippen LogP contribution is -2.57. The second-order valence-electron chi connectivity index (χ2n) is 7.53. The summed E-state index contributed by atoms with van der Waals surface area (Å²) in [6.45, 7) is 6.49. The van der Waals surface area contributed by atoms with Crippen molar-refractivity contribution in [1.29, 1.82) is 0 Å². The van der Waals surface area contributed by atoms with E-state index >= 15 is 0 Å². The molecule has 8 heteroatoms. The van der Waals surface area contributed by atoms with Crippen molar-refractivity contribution in [2.45, 2.75) is 52.0 Å². The highest BCUT2D eigenvalue weighted by molar-refractivity contribution is 9.11. The number of H-pyrrole nitrogens is 1. The summed E-state index contributed by atoms with van der Waals surface area (Å²) in [5, 5.41) is 9.91. The molecule has 0 aromatic carbocycles. The number of carbonyl (C=O) groups is 1. The number of aromatic amines is 1. The smallest absolute Gasteiger partial charge is 0.408 e. The van der Waals surface area contributed by atoms with Crippen LogP contribution in [0.25, 0.3) is 10.2 Å². The maximum Gasteiger partial charge on any atom is 0.408 e. The van der Waals surface area contributed by atoms with Crippen molar-refractivity contribution < 1.29 is 9.90 Å². The molecule has 0 radical (unpaired) electrons. The fourth-order valence-corrected chi connectivity index (χ4v) is 5.32. The zero-order valence-corrected chi connectivity index (χ0v) is 17.0. The number of fused-ring (bicyclic) bond motifs is 1. The van der Waals surface area contributed by atoms with E-state index in [1.54, 1.807) is 0 Å². The van der Waals surface area contributed by atoms with Gasteiger partial charge in [0.05, 0.1) is 9.30 Å². The van der Waals surface area contributed by atoms with Crippen LogP contribution in [0.4, 0.5) is 4.79 Å². The predicted molar refractivity (Wildman–Crippen MR) is 102 cm³/mol. The fraction of sp³-hybridized carbons (Fsp3) is 0.588. The molecule has 3 rings (SSSR count). The van der Waals surface area contributed by atoms with E-state index in [-0.39, 0.29) is 5.56 Å². The van der Waals surface area contributed by atoms with Crippen LogP contribution in [0.15, 0.2) is 14.6 Å². The van der Waals surface area contributed by atoms with Gasteiger partial charge in [-0.2, -0.15) is 0 Å². The Bertz CT molecular complexity index is 870. The minimum absolute atomic E-state index is 0.214. The minimum Gasteiger partial charge on any atom is -0.465 e. The molecule has 2 aromatic heterocycles. The number of rotatable bonds is 1. The lowest BCUT2D eigenvalue weighted by Gasteiger charge is -2.49. The van der Waals surface area contributed by atoms with E-state index in [2.05, 4.69) is 20.9 Å². The average Bonchev–Trinajstić information content (AvgIpc) is 2.74. The monoisotopic (exact) mass is 427 g/mol. The number of likely N-dealkylation sites (tertiary alicyclic amines) is 1. The fourth-order valence-electron chi connectivity index (χ4n) is 3.90. The van der Waals surface area contributed by atoms with Crippen molar-refractivity contribution in [3.05, 3.63) is 26.0 Å². The number of hydrogen-bond acceptors (Lipinski definition) is 4. The summed E-state index contributed by atoms with van der Waals surface area (Å²) in [5.41, 5.74) is -0.897. The van der Waals surface area contributed by atoms with Crippen LogP contribution in [0.5, 0.6) is 0 Å². The molecule has 0 spiro atoms. The average molecular weight is 428 g/mol.